The molecule has 228 valence electrons. The maximum Gasteiger partial charge on any atom is 0.161 e. The van der Waals surface area contributed by atoms with Crippen molar-refractivity contribution in [3.05, 3.63) is 119 Å². The molecule has 0 heterocycles. The Morgan fingerprint density at radius 2 is 1.21 bits per heavy atom. The third-order valence-corrected chi connectivity index (χ3v) is 8.69. The minimum atomic E-state index is -0.469. The van der Waals surface area contributed by atoms with Gasteiger partial charge in [-0.3, -0.25) is 4.79 Å². The minimum Gasteiger partial charge on any atom is -0.393 e. The molecule has 4 unspecified atom stereocenters. The Kier molecular flexibility index (Phi) is 13.4. The Bertz CT molecular complexity index is 1270. The average Bonchev–Trinajstić information content (AvgIpc) is 3.15. The molecule has 1 saturated carbocycles. The lowest BCUT2D eigenvalue weighted by molar-refractivity contribution is -0.124. The van der Waals surface area contributed by atoms with Crippen LogP contribution in [0.15, 0.2) is 119 Å². The summed E-state index contributed by atoms with van der Waals surface area (Å²) in [7, 11) is 0. The molecule has 3 heteroatoms. The highest BCUT2D eigenvalue weighted by atomic mass is 16.3. The topological polar surface area (TPSA) is 57.5 Å². The van der Waals surface area contributed by atoms with Crippen molar-refractivity contribution in [2.24, 2.45) is 16.7 Å². The smallest absolute Gasteiger partial charge is 0.161 e. The zero-order chi connectivity index (χ0) is 31.5. The first-order chi connectivity index (χ1) is 19.6. The molecule has 42 heavy (non-hydrogen) atoms. The molecule has 0 spiro atoms. The van der Waals surface area contributed by atoms with E-state index in [4.69, 9.17) is 0 Å². The van der Waals surface area contributed by atoms with Gasteiger partial charge in [0.2, 0.25) is 0 Å². The largest absolute Gasteiger partial charge is 0.393 e. The van der Waals surface area contributed by atoms with Crippen LogP contribution in [-0.4, -0.2) is 28.2 Å². The molecule has 3 nitrogen and oxygen atoms in total. The molecule has 4 atom stereocenters. The van der Waals surface area contributed by atoms with Gasteiger partial charge >= 0.3 is 0 Å². The third-order valence-electron chi connectivity index (χ3n) is 8.69. The van der Waals surface area contributed by atoms with E-state index >= 15 is 0 Å². The van der Waals surface area contributed by atoms with Crippen LogP contribution in [0, 0.1) is 16.7 Å². The highest BCUT2D eigenvalue weighted by Crippen LogP contribution is 2.44. The summed E-state index contributed by atoms with van der Waals surface area (Å²) in [6.07, 6.45) is 30.7. The van der Waals surface area contributed by atoms with Crippen LogP contribution in [-0.2, 0) is 4.79 Å². The number of aliphatic hydroxyl groups is 2. The van der Waals surface area contributed by atoms with Gasteiger partial charge in [-0.1, -0.05) is 135 Å². The second kappa shape index (κ2) is 16.0. The number of ketones is 1. The molecule has 2 aliphatic rings. The fraction of sp³-hybridized carbons (Fsp3) is 0.462. The van der Waals surface area contributed by atoms with Crippen LogP contribution < -0.4 is 0 Å². The van der Waals surface area contributed by atoms with Gasteiger partial charge in [-0.25, -0.2) is 0 Å². The Labute approximate surface area is 255 Å². The van der Waals surface area contributed by atoms with Crippen LogP contribution in [0.4, 0.5) is 0 Å². The van der Waals surface area contributed by atoms with Crippen molar-refractivity contribution in [1.82, 2.24) is 0 Å². The van der Waals surface area contributed by atoms with Gasteiger partial charge in [0.1, 0.15) is 0 Å². The second-order valence-corrected chi connectivity index (χ2v) is 13.3. The number of carbonyl (C=O) groups is 1. The van der Waals surface area contributed by atoms with Crippen LogP contribution in [0.25, 0.3) is 0 Å². The molecular formula is C39H54O3. The van der Waals surface area contributed by atoms with Crippen LogP contribution in [0.3, 0.4) is 0 Å². The van der Waals surface area contributed by atoms with Crippen molar-refractivity contribution < 1.29 is 15.0 Å². The fourth-order valence-corrected chi connectivity index (χ4v) is 5.92. The quantitative estimate of drug-likeness (QED) is 0.192. The van der Waals surface area contributed by atoms with E-state index in [2.05, 4.69) is 91.0 Å². The lowest BCUT2D eigenvalue weighted by Crippen LogP contribution is -2.29. The van der Waals surface area contributed by atoms with Gasteiger partial charge in [-0.05, 0) is 83.3 Å². The van der Waals surface area contributed by atoms with E-state index in [0.717, 1.165) is 29.6 Å². The van der Waals surface area contributed by atoms with Gasteiger partial charge in [0, 0.05) is 5.41 Å². The molecule has 0 bridgehead atoms. The van der Waals surface area contributed by atoms with E-state index in [1.54, 1.807) is 6.08 Å². The normalized spacial score (nSPS) is 28.6. The van der Waals surface area contributed by atoms with Gasteiger partial charge in [0.15, 0.2) is 5.78 Å². The fourth-order valence-electron chi connectivity index (χ4n) is 5.92. The Morgan fingerprint density at radius 1 is 0.714 bits per heavy atom. The van der Waals surface area contributed by atoms with Crippen molar-refractivity contribution >= 4 is 5.78 Å². The monoisotopic (exact) mass is 570 g/mol. The summed E-state index contributed by atoms with van der Waals surface area (Å²) in [6.45, 7) is 18.8. The van der Waals surface area contributed by atoms with Gasteiger partial charge in [-0.15, -0.1) is 0 Å². The third kappa shape index (κ3) is 11.0. The Balaban J connectivity index is 1.87. The second-order valence-electron chi connectivity index (χ2n) is 13.3. The summed E-state index contributed by atoms with van der Waals surface area (Å²) in [5, 5.41) is 20.0. The molecule has 1 fully saturated rings. The molecule has 0 aliphatic heterocycles. The Hall–Kier alpha value is -3.01. The number of aliphatic hydroxyl groups excluding tert-OH is 2. The highest BCUT2D eigenvalue weighted by molar-refractivity contribution is 5.95. The Morgan fingerprint density at radius 3 is 1.71 bits per heavy atom. The van der Waals surface area contributed by atoms with Crippen LogP contribution >= 0.6 is 0 Å². The zero-order valence-corrected chi connectivity index (χ0v) is 27.4. The maximum absolute atomic E-state index is 12.7. The predicted molar refractivity (Wildman–Crippen MR) is 180 cm³/mol. The summed E-state index contributed by atoms with van der Waals surface area (Å²) in [4.78, 5) is 12.7. The van der Waals surface area contributed by atoms with Gasteiger partial charge in [0.25, 0.3) is 0 Å². The zero-order valence-electron chi connectivity index (χ0n) is 27.4. The number of hydrogen-bond acceptors (Lipinski definition) is 3. The molecule has 0 aromatic rings. The first-order valence-corrected chi connectivity index (χ1v) is 15.3. The van der Waals surface area contributed by atoms with Crippen molar-refractivity contribution in [2.75, 3.05) is 0 Å². The van der Waals surface area contributed by atoms with E-state index in [9.17, 15) is 15.0 Å². The molecule has 0 aromatic carbocycles. The van der Waals surface area contributed by atoms with Crippen LogP contribution in [0.2, 0.25) is 0 Å². The maximum atomic E-state index is 12.7. The molecule has 0 saturated heterocycles. The highest BCUT2D eigenvalue weighted by Gasteiger charge is 2.45. The SMILES string of the molecule is CC1=C(/C=C/C(C)=C/C=C/C(C)=C/C=C/C=C(C)/C=C/C=C(C)/C=C/C(=O)C2(C)CC(O)CC2C)C(C)(C)CC(O)C1. The molecular weight excluding hydrogens is 516 g/mol. The lowest BCUT2D eigenvalue weighted by Gasteiger charge is -2.35. The molecule has 2 N–H and O–H groups in total. The van der Waals surface area contributed by atoms with Crippen LogP contribution in [0.1, 0.15) is 88.0 Å². The van der Waals surface area contributed by atoms with E-state index in [0.29, 0.717) is 12.8 Å². The van der Waals surface area contributed by atoms with E-state index < -0.39 is 5.41 Å². The van der Waals surface area contributed by atoms with Crippen molar-refractivity contribution in [2.45, 2.75) is 100 Å². The molecule has 0 amide bonds. The average molecular weight is 571 g/mol. The van der Waals surface area contributed by atoms with Gasteiger partial charge in [0.05, 0.1) is 12.2 Å². The molecule has 0 aromatic heterocycles. The molecule has 2 rings (SSSR count). The van der Waals surface area contributed by atoms with E-state index in [1.165, 1.54) is 16.7 Å². The summed E-state index contributed by atoms with van der Waals surface area (Å²) >= 11 is 0. The van der Waals surface area contributed by atoms with E-state index in [-0.39, 0.29) is 29.3 Å². The standard InChI is InChI=1S/C39H54O3/c1-28(16-12-18-30(3)20-22-36-32(5)24-34(40)26-38(36,7)8)14-10-11-15-29(2)17-13-19-31(4)21-23-37(42)39(9)27-35(41)25-33(39)6/h10-23,33-35,40-41H,24-27H2,1-9H3/b11-10+,16-12+,17-13+,22-20+,23-21+,28-14+,29-15+,30-18+,31-19+. The molecule has 0 radical (unpaired) electrons. The van der Waals surface area contributed by atoms with Crippen molar-refractivity contribution in [1.29, 1.82) is 0 Å². The first kappa shape index (κ1) is 35.2. The van der Waals surface area contributed by atoms with E-state index in [1.807, 2.05) is 50.3 Å². The first-order valence-electron chi connectivity index (χ1n) is 15.3. The summed E-state index contributed by atoms with van der Waals surface area (Å²) in [5.41, 5.74) is 6.63. The summed E-state index contributed by atoms with van der Waals surface area (Å²) in [5.74, 6) is 0.289. The number of hydrogen-bond donors (Lipinski definition) is 2. The van der Waals surface area contributed by atoms with Crippen LogP contribution in [0.5, 0.6) is 0 Å². The number of rotatable bonds is 11. The minimum absolute atomic E-state index is 0.00414. The molecule has 2 aliphatic carbocycles. The van der Waals surface area contributed by atoms with Gasteiger partial charge < -0.3 is 10.2 Å². The van der Waals surface area contributed by atoms with Crippen molar-refractivity contribution in [3.8, 4) is 0 Å². The van der Waals surface area contributed by atoms with Gasteiger partial charge in [-0.2, -0.15) is 0 Å². The summed E-state index contributed by atoms with van der Waals surface area (Å²) in [6, 6.07) is 0. The lowest BCUT2D eigenvalue weighted by atomic mass is 9.71. The summed E-state index contributed by atoms with van der Waals surface area (Å²) < 4.78 is 0. The predicted octanol–water partition coefficient (Wildman–Crippen LogP) is 9.42. The number of allylic oxidation sites excluding steroid dienone is 19. The van der Waals surface area contributed by atoms with Crippen molar-refractivity contribution in [3.63, 3.8) is 0 Å². The number of carbonyl (C=O) groups excluding carboxylic acids is 1.